The van der Waals surface area contributed by atoms with Gasteiger partial charge in [-0.3, -0.25) is 0 Å². The quantitative estimate of drug-likeness (QED) is 0.195. The minimum Gasteiger partial charge on any atom is -0.310 e. The Morgan fingerprint density at radius 1 is 0.439 bits per heavy atom. The summed E-state index contributed by atoms with van der Waals surface area (Å²) in [5.41, 5.74) is 8.75. The molecule has 6 aromatic carbocycles. The summed E-state index contributed by atoms with van der Waals surface area (Å²) in [6, 6.07) is 57.6. The Morgan fingerprint density at radius 3 is 1.56 bits per heavy atom. The van der Waals surface area contributed by atoms with E-state index in [9.17, 15) is 0 Å². The summed E-state index contributed by atoms with van der Waals surface area (Å²) in [4.78, 5) is 2.41. The molecule has 1 aliphatic rings. The molecule has 0 saturated carbocycles. The van der Waals surface area contributed by atoms with Crippen molar-refractivity contribution in [3.05, 3.63) is 169 Å². The first kappa shape index (κ1) is 25.5. The highest BCUT2D eigenvalue weighted by atomic mass is 31.1. The molecule has 0 N–H and O–H groups in total. The molecule has 0 amide bonds. The van der Waals surface area contributed by atoms with E-state index in [0.717, 1.165) is 0 Å². The predicted octanol–water partition coefficient (Wildman–Crippen LogP) is 9.22. The van der Waals surface area contributed by atoms with Gasteiger partial charge in [-0.1, -0.05) is 141 Å². The van der Waals surface area contributed by atoms with Gasteiger partial charge in [0.1, 0.15) is 0 Å². The van der Waals surface area contributed by atoms with Crippen LogP contribution in [0.4, 0.5) is 17.1 Å². The van der Waals surface area contributed by atoms with Crippen LogP contribution in [0.2, 0.25) is 0 Å². The van der Waals surface area contributed by atoms with Crippen LogP contribution in [0.1, 0.15) is 25.0 Å². The smallest absolute Gasteiger partial charge is 0.0503 e. The molecule has 1 nitrogen and oxygen atoms in total. The standard InChI is InChI=1S/C39H32NP/c1-39(2)35-20-12-13-21-37(35)40(31-14-6-3-7-15-31)38-27-24-30(28-36(38)39)29-22-25-34(26-23-29)41(32-16-8-4-9-17-32)33-18-10-5-11-19-33/h3-28H,1-2H3. The molecule has 0 atom stereocenters. The predicted molar refractivity (Wildman–Crippen MR) is 177 cm³/mol. The van der Waals surface area contributed by atoms with Crippen molar-refractivity contribution in [3.63, 3.8) is 0 Å². The van der Waals surface area contributed by atoms with Crippen LogP contribution < -0.4 is 20.8 Å². The summed E-state index contributed by atoms with van der Waals surface area (Å²) in [6.45, 7) is 4.71. The molecule has 0 aromatic heterocycles. The summed E-state index contributed by atoms with van der Waals surface area (Å²) in [6.07, 6.45) is 0. The number of para-hydroxylation sites is 2. The van der Waals surface area contributed by atoms with Gasteiger partial charge in [0.2, 0.25) is 0 Å². The van der Waals surface area contributed by atoms with E-state index in [1.165, 1.54) is 55.2 Å². The van der Waals surface area contributed by atoms with E-state index < -0.39 is 7.92 Å². The number of hydrogen-bond donors (Lipinski definition) is 0. The molecule has 1 heterocycles. The van der Waals surface area contributed by atoms with Crippen molar-refractivity contribution < 1.29 is 0 Å². The third-order valence-electron chi connectivity index (χ3n) is 8.23. The van der Waals surface area contributed by atoms with Crippen LogP contribution >= 0.6 is 7.92 Å². The molecule has 0 unspecified atom stereocenters. The second kappa shape index (κ2) is 10.5. The summed E-state index contributed by atoms with van der Waals surface area (Å²) in [7, 11) is -0.618. The summed E-state index contributed by atoms with van der Waals surface area (Å²) in [5, 5.41) is 4.11. The number of anilines is 3. The fourth-order valence-corrected chi connectivity index (χ4v) is 8.42. The average molecular weight is 546 g/mol. The van der Waals surface area contributed by atoms with Gasteiger partial charge in [0.25, 0.3) is 0 Å². The van der Waals surface area contributed by atoms with Gasteiger partial charge < -0.3 is 4.90 Å². The van der Waals surface area contributed by atoms with Crippen LogP contribution in [0, 0.1) is 0 Å². The number of nitrogens with zero attached hydrogens (tertiary/aromatic N) is 1. The molecular formula is C39H32NP. The second-order valence-corrected chi connectivity index (χ2v) is 13.3. The Kier molecular flexibility index (Phi) is 6.54. The van der Waals surface area contributed by atoms with Crippen LogP contribution in [0.5, 0.6) is 0 Å². The topological polar surface area (TPSA) is 3.24 Å². The van der Waals surface area contributed by atoms with E-state index in [2.05, 4.69) is 176 Å². The second-order valence-electron chi connectivity index (χ2n) is 11.1. The lowest BCUT2D eigenvalue weighted by Crippen LogP contribution is -2.30. The SMILES string of the molecule is CC1(C)c2ccccc2N(c2ccccc2)c2ccc(-c3ccc(P(c4ccccc4)c4ccccc4)cc3)cc21. The fourth-order valence-electron chi connectivity index (χ4n) is 6.14. The Bertz CT molecular complexity index is 1750. The summed E-state index contributed by atoms with van der Waals surface area (Å²) in [5.74, 6) is 0. The van der Waals surface area contributed by atoms with Gasteiger partial charge in [0.05, 0.1) is 11.4 Å². The zero-order valence-electron chi connectivity index (χ0n) is 23.4. The van der Waals surface area contributed by atoms with Crippen LogP contribution in [-0.4, -0.2) is 0 Å². The van der Waals surface area contributed by atoms with Gasteiger partial charge in [-0.25, -0.2) is 0 Å². The van der Waals surface area contributed by atoms with Gasteiger partial charge in [-0.2, -0.15) is 0 Å². The molecule has 6 aromatic rings. The van der Waals surface area contributed by atoms with Gasteiger partial charge in [0.15, 0.2) is 0 Å². The molecule has 1 aliphatic heterocycles. The molecule has 0 aliphatic carbocycles. The zero-order valence-corrected chi connectivity index (χ0v) is 24.3. The van der Waals surface area contributed by atoms with Crippen LogP contribution in [0.15, 0.2) is 158 Å². The maximum Gasteiger partial charge on any atom is 0.0503 e. The monoisotopic (exact) mass is 545 g/mol. The normalized spacial score (nSPS) is 13.5. The first-order chi connectivity index (χ1) is 20.1. The van der Waals surface area contributed by atoms with Crippen molar-refractivity contribution in [2.45, 2.75) is 19.3 Å². The highest BCUT2D eigenvalue weighted by Crippen LogP contribution is 2.52. The minimum absolute atomic E-state index is 0.123. The Morgan fingerprint density at radius 2 is 0.927 bits per heavy atom. The highest BCUT2D eigenvalue weighted by molar-refractivity contribution is 7.79. The van der Waals surface area contributed by atoms with Gasteiger partial charge in [-0.15, -0.1) is 0 Å². The molecular weight excluding hydrogens is 513 g/mol. The minimum atomic E-state index is -0.618. The van der Waals surface area contributed by atoms with Gasteiger partial charge in [0, 0.05) is 11.1 Å². The van der Waals surface area contributed by atoms with Crippen molar-refractivity contribution in [2.75, 3.05) is 4.90 Å². The van der Waals surface area contributed by atoms with Gasteiger partial charge in [-0.05, 0) is 76.4 Å². The lowest BCUT2D eigenvalue weighted by Gasteiger charge is -2.42. The van der Waals surface area contributed by atoms with Crippen molar-refractivity contribution in [1.82, 2.24) is 0 Å². The van der Waals surface area contributed by atoms with Crippen molar-refractivity contribution in [3.8, 4) is 11.1 Å². The molecule has 41 heavy (non-hydrogen) atoms. The molecule has 0 radical (unpaired) electrons. The van der Waals surface area contributed by atoms with Gasteiger partial charge >= 0.3 is 0 Å². The summed E-state index contributed by atoms with van der Waals surface area (Å²) < 4.78 is 0. The Balaban J connectivity index is 1.31. The molecule has 0 bridgehead atoms. The van der Waals surface area contributed by atoms with Crippen LogP contribution in [0.25, 0.3) is 11.1 Å². The van der Waals surface area contributed by atoms with Crippen molar-refractivity contribution >= 4 is 40.9 Å². The van der Waals surface area contributed by atoms with E-state index >= 15 is 0 Å². The largest absolute Gasteiger partial charge is 0.310 e. The van der Waals surface area contributed by atoms with Crippen LogP contribution in [0.3, 0.4) is 0 Å². The fraction of sp³-hybridized carbons (Fsp3) is 0.0769. The first-order valence-electron chi connectivity index (χ1n) is 14.2. The number of fused-ring (bicyclic) bond motifs is 2. The highest BCUT2D eigenvalue weighted by Gasteiger charge is 2.36. The van der Waals surface area contributed by atoms with Crippen molar-refractivity contribution in [2.24, 2.45) is 0 Å². The molecule has 7 rings (SSSR count). The Hall–Kier alpha value is -4.45. The lowest BCUT2D eigenvalue weighted by atomic mass is 9.73. The van der Waals surface area contributed by atoms with E-state index in [0.29, 0.717) is 0 Å². The molecule has 0 saturated heterocycles. The summed E-state index contributed by atoms with van der Waals surface area (Å²) >= 11 is 0. The van der Waals surface area contributed by atoms with Crippen LogP contribution in [-0.2, 0) is 5.41 Å². The Labute approximate surface area is 244 Å². The van der Waals surface area contributed by atoms with E-state index in [1.807, 2.05) is 0 Å². The lowest BCUT2D eigenvalue weighted by molar-refractivity contribution is 0.632. The molecule has 0 fully saturated rings. The van der Waals surface area contributed by atoms with E-state index in [1.54, 1.807) is 0 Å². The maximum atomic E-state index is 2.41. The number of rotatable bonds is 5. The van der Waals surface area contributed by atoms with E-state index in [-0.39, 0.29) is 5.41 Å². The zero-order chi connectivity index (χ0) is 27.8. The van der Waals surface area contributed by atoms with Crippen molar-refractivity contribution in [1.29, 1.82) is 0 Å². The molecule has 198 valence electrons. The third kappa shape index (κ3) is 4.57. The number of benzene rings is 6. The number of hydrogen-bond acceptors (Lipinski definition) is 1. The maximum absolute atomic E-state index is 2.41. The average Bonchev–Trinajstić information content (AvgIpc) is 3.03. The third-order valence-corrected chi connectivity index (χ3v) is 10.7. The molecule has 0 spiro atoms. The first-order valence-corrected chi connectivity index (χ1v) is 15.6. The molecule has 2 heteroatoms. The van der Waals surface area contributed by atoms with E-state index in [4.69, 9.17) is 0 Å².